The molecule has 10 heteroatoms. The summed E-state index contributed by atoms with van der Waals surface area (Å²) < 4.78 is 9.43. The van der Waals surface area contributed by atoms with E-state index >= 15 is 0 Å². The molecule has 0 saturated carbocycles. The van der Waals surface area contributed by atoms with E-state index in [4.69, 9.17) is 10.5 Å². The Bertz CT molecular complexity index is 666. The molecule has 0 saturated heterocycles. The number of primary amides is 1. The van der Waals surface area contributed by atoms with E-state index in [0.717, 1.165) is 5.56 Å². The van der Waals surface area contributed by atoms with E-state index in [0.29, 0.717) is 0 Å². The van der Waals surface area contributed by atoms with E-state index in [9.17, 15) is 24.3 Å². The van der Waals surface area contributed by atoms with Gasteiger partial charge in [-0.1, -0.05) is 30.3 Å². The molecule has 1 aromatic carbocycles. The zero-order valence-corrected chi connectivity index (χ0v) is 15.6. The van der Waals surface area contributed by atoms with Gasteiger partial charge in [0, 0.05) is 13.0 Å². The second kappa shape index (κ2) is 12.3. The highest BCUT2D eigenvalue weighted by atomic mass is 16.5. The third-order valence-corrected chi connectivity index (χ3v) is 3.66. The molecule has 0 unspecified atom stereocenters. The van der Waals surface area contributed by atoms with E-state index in [2.05, 4.69) is 15.4 Å². The largest absolute Gasteiger partial charge is 0.469 e. The van der Waals surface area contributed by atoms with Crippen LogP contribution in [0.3, 0.4) is 0 Å². The Morgan fingerprint density at radius 3 is 2.46 bits per heavy atom. The van der Waals surface area contributed by atoms with Gasteiger partial charge in [-0.3, -0.25) is 14.4 Å². The Labute approximate surface area is 162 Å². The first kappa shape index (κ1) is 22.9. The van der Waals surface area contributed by atoms with Crippen LogP contribution in [0.15, 0.2) is 30.3 Å². The molecule has 0 aromatic heterocycles. The average molecular weight is 395 g/mol. The first-order valence-corrected chi connectivity index (χ1v) is 8.60. The van der Waals surface area contributed by atoms with Crippen LogP contribution in [-0.4, -0.2) is 54.8 Å². The van der Waals surface area contributed by atoms with Crippen molar-refractivity contribution in [2.45, 2.75) is 38.0 Å². The van der Waals surface area contributed by atoms with Crippen LogP contribution in [0.25, 0.3) is 0 Å². The summed E-state index contributed by atoms with van der Waals surface area (Å²) in [6.45, 7) is -0.145. The molecular weight excluding hydrogens is 370 g/mol. The van der Waals surface area contributed by atoms with Crippen molar-refractivity contribution >= 4 is 23.9 Å². The SMILES string of the molecule is COC(=O)CC[C@@H](NC(=O)C[C@@H](O)CNC(=O)OCc1ccccc1)C(N)=O. The van der Waals surface area contributed by atoms with Gasteiger partial charge in [-0.15, -0.1) is 0 Å². The number of carbonyl (C=O) groups is 4. The van der Waals surface area contributed by atoms with Gasteiger partial charge in [0.05, 0.1) is 19.6 Å². The molecule has 0 spiro atoms. The van der Waals surface area contributed by atoms with Crippen molar-refractivity contribution in [3.8, 4) is 0 Å². The molecule has 0 heterocycles. The summed E-state index contributed by atoms with van der Waals surface area (Å²) in [5.41, 5.74) is 5.99. The van der Waals surface area contributed by atoms with Gasteiger partial charge < -0.3 is 30.9 Å². The van der Waals surface area contributed by atoms with Crippen molar-refractivity contribution in [3.63, 3.8) is 0 Å². The van der Waals surface area contributed by atoms with Crippen LogP contribution >= 0.6 is 0 Å². The van der Waals surface area contributed by atoms with Gasteiger partial charge >= 0.3 is 12.1 Å². The summed E-state index contributed by atoms with van der Waals surface area (Å²) in [5, 5.41) is 14.5. The van der Waals surface area contributed by atoms with Crippen molar-refractivity contribution in [3.05, 3.63) is 35.9 Å². The fourth-order valence-electron chi connectivity index (χ4n) is 2.16. The summed E-state index contributed by atoms with van der Waals surface area (Å²) in [6.07, 6.45) is -2.42. The van der Waals surface area contributed by atoms with Crippen LogP contribution in [-0.2, 0) is 30.5 Å². The number of aliphatic hydroxyl groups is 1. The highest BCUT2D eigenvalue weighted by Crippen LogP contribution is 2.02. The summed E-state index contributed by atoms with van der Waals surface area (Å²) in [7, 11) is 1.20. The zero-order valence-electron chi connectivity index (χ0n) is 15.6. The molecule has 2 atom stereocenters. The number of amides is 3. The minimum Gasteiger partial charge on any atom is -0.469 e. The molecule has 10 nitrogen and oxygen atoms in total. The first-order valence-electron chi connectivity index (χ1n) is 8.60. The number of alkyl carbamates (subject to hydrolysis) is 1. The summed E-state index contributed by atoms with van der Waals surface area (Å²) in [6, 6.07) is 7.97. The molecular formula is C18H25N3O7. The van der Waals surface area contributed by atoms with Crippen LogP contribution in [0.5, 0.6) is 0 Å². The molecule has 5 N–H and O–H groups in total. The number of hydrogen-bond acceptors (Lipinski definition) is 7. The molecule has 3 amide bonds. The number of rotatable bonds is 11. The van der Waals surface area contributed by atoms with Gasteiger partial charge in [-0.25, -0.2) is 4.79 Å². The zero-order chi connectivity index (χ0) is 20.9. The molecule has 0 radical (unpaired) electrons. The van der Waals surface area contributed by atoms with Crippen LogP contribution in [0.2, 0.25) is 0 Å². The van der Waals surface area contributed by atoms with Gasteiger partial charge in [0.2, 0.25) is 11.8 Å². The number of aliphatic hydroxyl groups excluding tert-OH is 1. The van der Waals surface area contributed by atoms with Crippen molar-refractivity contribution in [2.75, 3.05) is 13.7 Å². The number of esters is 1. The van der Waals surface area contributed by atoms with Crippen LogP contribution in [0.4, 0.5) is 4.79 Å². The molecule has 0 fully saturated rings. The molecule has 0 bridgehead atoms. The van der Waals surface area contributed by atoms with E-state index in [-0.39, 0.29) is 32.4 Å². The second-order valence-electron chi connectivity index (χ2n) is 5.94. The highest BCUT2D eigenvalue weighted by Gasteiger charge is 2.21. The molecule has 1 aromatic rings. The van der Waals surface area contributed by atoms with Crippen molar-refractivity contribution < 1.29 is 33.8 Å². The minimum atomic E-state index is -1.20. The van der Waals surface area contributed by atoms with Crippen molar-refractivity contribution in [2.24, 2.45) is 5.73 Å². The lowest BCUT2D eigenvalue weighted by Gasteiger charge is -2.17. The summed E-state index contributed by atoms with van der Waals surface area (Å²) >= 11 is 0. The van der Waals surface area contributed by atoms with Gasteiger partial charge in [0.15, 0.2) is 0 Å². The van der Waals surface area contributed by atoms with Crippen LogP contribution < -0.4 is 16.4 Å². The van der Waals surface area contributed by atoms with E-state index < -0.39 is 36.0 Å². The maximum Gasteiger partial charge on any atom is 0.407 e. The van der Waals surface area contributed by atoms with Gasteiger partial charge in [0.25, 0.3) is 0 Å². The molecule has 0 aliphatic rings. The third-order valence-electron chi connectivity index (χ3n) is 3.66. The maximum absolute atomic E-state index is 11.9. The normalized spacial score (nSPS) is 12.4. The quantitative estimate of drug-likeness (QED) is 0.371. The van der Waals surface area contributed by atoms with Crippen molar-refractivity contribution in [1.82, 2.24) is 10.6 Å². The van der Waals surface area contributed by atoms with Gasteiger partial charge in [0.1, 0.15) is 12.6 Å². The van der Waals surface area contributed by atoms with Gasteiger partial charge in [-0.05, 0) is 12.0 Å². The molecule has 154 valence electrons. The van der Waals surface area contributed by atoms with Gasteiger partial charge in [-0.2, -0.15) is 0 Å². The number of hydrogen-bond donors (Lipinski definition) is 4. The fraction of sp³-hybridized carbons (Fsp3) is 0.444. The Morgan fingerprint density at radius 2 is 1.86 bits per heavy atom. The molecule has 1 rings (SSSR count). The molecule has 28 heavy (non-hydrogen) atoms. The lowest BCUT2D eigenvalue weighted by molar-refractivity contribution is -0.141. The molecule has 0 aliphatic heterocycles. The maximum atomic E-state index is 11.9. The fourth-order valence-corrected chi connectivity index (χ4v) is 2.16. The predicted molar refractivity (Wildman–Crippen MR) is 97.6 cm³/mol. The Morgan fingerprint density at radius 1 is 1.18 bits per heavy atom. The second-order valence-corrected chi connectivity index (χ2v) is 5.94. The number of nitrogens with two attached hydrogens (primary N) is 1. The van der Waals surface area contributed by atoms with E-state index in [1.165, 1.54) is 7.11 Å². The first-order chi connectivity index (χ1) is 13.3. The third kappa shape index (κ3) is 9.53. The number of benzene rings is 1. The number of nitrogens with one attached hydrogen (secondary N) is 2. The van der Waals surface area contributed by atoms with E-state index in [1.54, 1.807) is 12.1 Å². The number of carbonyl (C=O) groups excluding carboxylic acids is 4. The minimum absolute atomic E-state index is 0.0199. The van der Waals surface area contributed by atoms with Crippen LogP contribution in [0, 0.1) is 0 Å². The number of methoxy groups -OCH3 is 1. The van der Waals surface area contributed by atoms with Crippen molar-refractivity contribution in [1.29, 1.82) is 0 Å². The Balaban J connectivity index is 2.31. The Hall–Kier alpha value is -3.14. The number of ether oxygens (including phenoxy) is 2. The highest BCUT2D eigenvalue weighted by molar-refractivity contribution is 5.87. The topological polar surface area (TPSA) is 157 Å². The average Bonchev–Trinajstić information content (AvgIpc) is 2.68. The smallest absolute Gasteiger partial charge is 0.407 e. The summed E-state index contributed by atoms with van der Waals surface area (Å²) in [5.74, 6) is -2.01. The van der Waals surface area contributed by atoms with Crippen LogP contribution in [0.1, 0.15) is 24.8 Å². The molecule has 0 aliphatic carbocycles. The Kier molecular flexibility index (Phi) is 10.0. The lowest BCUT2D eigenvalue weighted by Crippen LogP contribution is -2.46. The lowest BCUT2D eigenvalue weighted by atomic mass is 10.1. The summed E-state index contributed by atoms with van der Waals surface area (Å²) in [4.78, 5) is 46.0. The van der Waals surface area contributed by atoms with E-state index in [1.807, 2.05) is 18.2 Å². The standard InChI is InChI=1S/C18H25N3O7/c1-27-16(24)8-7-14(17(19)25)21-15(23)9-13(22)10-20-18(26)28-11-12-5-3-2-4-6-12/h2-6,13-14,22H,7-11H2,1H3,(H2,19,25)(H,20,26)(H,21,23)/t13-,14-/m1/s1. The predicted octanol–water partition coefficient (Wildman–Crippen LogP) is -0.413. The monoisotopic (exact) mass is 395 g/mol.